The molecule has 0 atom stereocenters. The summed E-state index contributed by atoms with van der Waals surface area (Å²) in [4.78, 5) is 26.9. The van der Waals surface area contributed by atoms with E-state index in [1.807, 2.05) is 13.8 Å². The third kappa shape index (κ3) is 5.37. The van der Waals surface area contributed by atoms with Crippen LogP contribution >= 0.6 is 0 Å². The fourth-order valence-corrected chi connectivity index (χ4v) is 1.32. The lowest BCUT2D eigenvalue weighted by Gasteiger charge is -2.09. The Morgan fingerprint density at radius 2 is 2.16 bits per heavy atom. The summed E-state index contributed by atoms with van der Waals surface area (Å²) < 4.78 is 4.61. The van der Waals surface area contributed by atoms with Gasteiger partial charge in [-0.05, 0) is 18.1 Å². The van der Waals surface area contributed by atoms with Crippen LogP contribution in [-0.4, -0.2) is 37.1 Å². The maximum absolute atomic E-state index is 11.5. The lowest BCUT2D eigenvalue weighted by atomic mass is 10.2. The van der Waals surface area contributed by atoms with Crippen molar-refractivity contribution in [3.05, 3.63) is 23.9 Å². The molecular formula is C13H19N3O3. The van der Waals surface area contributed by atoms with Crippen LogP contribution in [0.2, 0.25) is 0 Å². The van der Waals surface area contributed by atoms with Crippen molar-refractivity contribution in [2.75, 3.05) is 25.5 Å². The minimum absolute atomic E-state index is 0.112. The number of hydrogen-bond acceptors (Lipinski definition) is 5. The predicted octanol–water partition coefficient (Wildman–Crippen LogP) is 1.05. The van der Waals surface area contributed by atoms with E-state index in [2.05, 4.69) is 20.4 Å². The molecule has 0 fully saturated rings. The van der Waals surface area contributed by atoms with E-state index in [1.54, 1.807) is 12.1 Å². The molecule has 1 rings (SSSR count). The van der Waals surface area contributed by atoms with Gasteiger partial charge in [-0.3, -0.25) is 4.79 Å². The molecule has 19 heavy (non-hydrogen) atoms. The first-order valence-electron chi connectivity index (χ1n) is 6.08. The normalized spacial score (nSPS) is 10.1. The summed E-state index contributed by atoms with van der Waals surface area (Å²) in [6.07, 6.45) is 1.49. The van der Waals surface area contributed by atoms with Crippen LogP contribution in [0.1, 0.15) is 24.2 Å². The number of carbonyl (C=O) groups excluding carboxylic acids is 2. The molecule has 0 saturated heterocycles. The average molecular weight is 265 g/mol. The van der Waals surface area contributed by atoms with Gasteiger partial charge < -0.3 is 15.4 Å². The van der Waals surface area contributed by atoms with E-state index in [1.165, 1.54) is 13.3 Å². The number of ether oxygens (including phenoxy) is 1. The molecule has 0 radical (unpaired) electrons. The van der Waals surface area contributed by atoms with Gasteiger partial charge in [0.1, 0.15) is 5.82 Å². The number of nitrogens with zero attached hydrogens (tertiary/aromatic N) is 1. The molecule has 1 aromatic heterocycles. The van der Waals surface area contributed by atoms with E-state index in [0.29, 0.717) is 23.8 Å². The second-order valence-electron chi connectivity index (χ2n) is 4.47. The summed E-state index contributed by atoms with van der Waals surface area (Å²) in [5.74, 6) is 0.320. The van der Waals surface area contributed by atoms with Crippen molar-refractivity contribution in [2.45, 2.75) is 13.8 Å². The maximum Gasteiger partial charge on any atom is 0.338 e. The van der Waals surface area contributed by atoms with E-state index in [9.17, 15) is 9.59 Å². The van der Waals surface area contributed by atoms with Gasteiger partial charge in [0.2, 0.25) is 5.91 Å². The fraction of sp³-hybridized carbons (Fsp3) is 0.462. The molecule has 0 aromatic carbocycles. The monoisotopic (exact) mass is 265 g/mol. The molecule has 0 aliphatic heterocycles. The number of amides is 1. The molecule has 1 heterocycles. The van der Waals surface area contributed by atoms with Crippen LogP contribution in [0.3, 0.4) is 0 Å². The Morgan fingerprint density at radius 1 is 1.42 bits per heavy atom. The van der Waals surface area contributed by atoms with Gasteiger partial charge in [0.15, 0.2) is 0 Å². The lowest BCUT2D eigenvalue weighted by molar-refractivity contribution is -0.119. The van der Waals surface area contributed by atoms with Gasteiger partial charge in [-0.1, -0.05) is 13.8 Å². The quantitative estimate of drug-likeness (QED) is 0.752. The predicted molar refractivity (Wildman–Crippen MR) is 71.9 cm³/mol. The van der Waals surface area contributed by atoms with E-state index in [4.69, 9.17) is 0 Å². The number of hydrogen-bond donors (Lipinski definition) is 2. The molecule has 2 N–H and O–H groups in total. The molecule has 0 aliphatic carbocycles. The Kier molecular flexibility index (Phi) is 5.78. The number of rotatable bonds is 6. The summed E-state index contributed by atoms with van der Waals surface area (Å²) in [6.45, 7) is 4.80. The van der Waals surface area contributed by atoms with Gasteiger partial charge >= 0.3 is 5.97 Å². The number of nitrogens with one attached hydrogen (secondary N) is 2. The fourth-order valence-electron chi connectivity index (χ4n) is 1.32. The SMILES string of the molecule is COC(=O)c1ccnc(NCC(=O)NCC(C)C)c1. The third-order valence-electron chi connectivity index (χ3n) is 2.32. The molecule has 1 aromatic rings. The number of carbonyl (C=O) groups is 2. The number of methoxy groups -OCH3 is 1. The molecule has 0 saturated carbocycles. The Balaban J connectivity index is 2.49. The van der Waals surface area contributed by atoms with Crippen LogP contribution in [0, 0.1) is 5.92 Å². The number of pyridine rings is 1. The van der Waals surface area contributed by atoms with Gasteiger partial charge in [0, 0.05) is 12.7 Å². The van der Waals surface area contributed by atoms with E-state index in [0.717, 1.165) is 0 Å². The molecule has 0 bridgehead atoms. The van der Waals surface area contributed by atoms with E-state index >= 15 is 0 Å². The van der Waals surface area contributed by atoms with Crippen molar-refractivity contribution in [3.63, 3.8) is 0 Å². The van der Waals surface area contributed by atoms with Crippen molar-refractivity contribution < 1.29 is 14.3 Å². The van der Waals surface area contributed by atoms with Crippen LogP contribution in [0.25, 0.3) is 0 Å². The van der Waals surface area contributed by atoms with Crippen molar-refractivity contribution in [2.24, 2.45) is 5.92 Å². The van der Waals surface area contributed by atoms with Crippen LogP contribution < -0.4 is 10.6 Å². The summed E-state index contributed by atoms with van der Waals surface area (Å²) in [5.41, 5.74) is 0.391. The highest BCUT2D eigenvalue weighted by molar-refractivity contribution is 5.90. The standard InChI is InChI=1S/C13H19N3O3/c1-9(2)7-16-12(17)8-15-11-6-10(4-5-14-11)13(18)19-3/h4-6,9H,7-8H2,1-3H3,(H,14,15)(H,16,17). The average Bonchev–Trinajstić information content (AvgIpc) is 2.42. The van der Waals surface area contributed by atoms with Crippen molar-refractivity contribution in [1.82, 2.24) is 10.3 Å². The van der Waals surface area contributed by atoms with Gasteiger partial charge in [-0.15, -0.1) is 0 Å². The zero-order valence-corrected chi connectivity index (χ0v) is 11.4. The zero-order valence-electron chi connectivity index (χ0n) is 11.4. The minimum Gasteiger partial charge on any atom is -0.465 e. The number of aromatic nitrogens is 1. The summed E-state index contributed by atoms with van der Waals surface area (Å²) in [7, 11) is 1.31. The Hall–Kier alpha value is -2.11. The Labute approximate surface area is 112 Å². The van der Waals surface area contributed by atoms with Crippen LogP contribution in [0.15, 0.2) is 18.3 Å². The van der Waals surface area contributed by atoms with Gasteiger partial charge in [-0.25, -0.2) is 9.78 Å². The largest absolute Gasteiger partial charge is 0.465 e. The van der Waals surface area contributed by atoms with Crippen LogP contribution in [0.4, 0.5) is 5.82 Å². The first-order chi connectivity index (χ1) is 9.02. The summed E-state index contributed by atoms with van der Waals surface area (Å²) in [5, 5.41) is 5.64. The third-order valence-corrected chi connectivity index (χ3v) is 2.32. The van der Waals surface area contributed by atoms with Crippen molar-refractivity contribution >= 4 is 17.7 Å². The summed E-state index contributed by atoms with van der Waals surface area (Å²) in [6, 6.07) is 3.09. The second kappa shape index (κ2) is 7.35. The second-order valence-corrected chi connectivity index (χ2v) is 4.47. The zero-order chi connectivity index (χ0) is 14.3. The molecule has 104 valence electrons. The van der Waals surface area contributed by atoms with Crippen LogP contribution in [0.5, 0.6) is 0 Å². The molecule has 6 heteroatoms. The maximum atomic E-state index is 11.5. The highest BCUT2D eigenvalue weighted by Gasteiger charge is 2.07. The van der Waals surface area contributed by atoms with Gasteiger partial charge in [-0.2, -0.15) is 0 Å². The highest BCUT2D eigenvalue weighted by atomic mass is 16.5. The minimum atomic E-state index is -0.435. The van der Waals surface area contributed by atoms with Gasteiger partial charge in [0.05, 0.1) is 19.2 Å². The van der Waals surface area contributed by atoms with Crippen molar-refractivity contribution in [1.29, 1.82) is 0 Å². The molecule has 0 unspecified atom stereocenters. The molecule has 6 nitrogen and oxygen atoms in total. The van der Waals surface area contributed by atoms with Crippen LogP contribution in [-0.2, 0) is 9.53 Å². The molecular weight excluding hydrogens is 246 g/mol. The first kappa shape index (κ1) is 14.9. The van der Waals surface area contributed by atoms with Crippen molar-refractivity contribution in [3.8, 4) is 0 Å². The molecule has 0 spiro atoms. The lowest BCUT2D eigenvalue weighted by Crippen LogP contribution is -2.32. The summed E-state index contributed by atoms with van der Waals surface area (Å²) >= 11 is 0. The number of anilines is 1. The smallest absolute Gasteiger partial charge is 0.338 e. The number of esters is 1. The first-order valence-corrected chi connectivity index (χ1v) is 6.08. The Morgan fingerprint density at radius 3 is 2.79 bits per heavy atom. The highest BCUT2D eigenvalue weighted by Crippen LogP contribution is 2.07. The van der Waals surface area contributed by atoms with E-state index < -0.39 is 5.97 Å². The molecule has 0 aliphatic rings. The Bertz CT molecular complexity index is 447. The van der Waals surface area contributed by atoms with E-state index in [-0.39, 0.29) is 12.5 Å². The van der Waals surface area contributed by atoms with Gasteiger partial charge in [0.25, 0.3) is 0 Å². The topological polar surface area (TPSA) is 80.3 Å². The molecule has 1 amide bonds.